The molecule has 7 heteroatoms. The van der Waals surface area contributed by atoms with Crippen molar-refractivity contribution in [1.29, 1.82) is 0 Å². The maximum Gasteiger partial charge on any atom is 0.142 e. The predicted molar refractivity (Wildman–Crippen MR) is 82.1 cm³/mol. The van der Waals surface area contributed by atoms with E-state index in [0.717, 1.165) is 5.82 Å². The van der Waals surface area contributed by atoms with Crippen LogP contribution in [0.5, 0.6) is 0 Å². The van der Waals surface area contributed by atoms with Gasteiger partial charge in [-0.3, -0.25) is 0 Å². The standard InChI is InChI=1S/C14H17Cl2FN4/c1-8(2)21-13(19-7-20-21)6-14(3,18)9-4-12(17)11(16)5-10(9)15/h4-5,7-8H,6,18H2,1-3H3. The van der Waals surface area contributed by atoms with Crippen LogP contribution in [-0.2, 0) is 12.0 Å². The molecule has 0 aliphatic heterocycles. The largest absolute Gasteiger partial charge is 0.321 e. The Balaban J connectivity index is 2.38. The molecule has 0 radical (unpaired) electrons. The third-order valence-electron chi connectivity index (χ3n) is 3.29. The fourth-order valence-corrected chi connectivity index (χ4v) is 2.81. The van der Waals surface area contributed by atoms with Gasteiger partial charge in [0.25, 0.3) is 0 Å². The second-order valence-corrected chi connectivity index (χ2v) is 6.37. The SMILES string of the molecule is CC(C)n1ncnc1CC(C)(N)c1cc(F)c(Cl)cc1Cl. The van der Waals surface area contributed by atoms with Gasteiger partial charge in [0.2, 0.25) is 0 Å². The van der Waals surface area contributed by atoms with Crippen LogP contribution in [0.15, 0.2) is 18.5 Å². The molecule has 1 heterocycles. The van der Waals surface area contributed by atoms with Crippen molar-refractivity contribution >= 4 is 23.2 Å². The van der Waals surface area contributed by atoms with Gasteiger partial charge in [-0.25, -0.2) is 14.1 Å². The molecule has 1 unspecified atom stereocenters. The summed E-state index contributed by atoms with van der Waals surface area (Å²) in [5, 5.41) is 4.48. The summed E-state index contributed by atoms with van der Waals surface area (Å²) in [7, 11) is 0. The summed E-state index contributed by atoms with van der Waals surface area (Å²) < 4.78 is 15.5. The lowest BCUT2D eigenvalue weighted by atomic mass is 9.89. The van der Waals surface area contributed by atoms with Crippen LogP contribution in [0.25, 0.3) is 0 Å². The molecule has 1 aromatic carbocycles. The third-order valence-corrected chi connectivity index (χ3v) is 3.89. The van der Waals surface area contributed by atoms with Crippen LogP contribution < -0.4 is 5.73 Å². The molecule has 0 aliphatic rings. The lowest BCUT2D eigenvalue weighted by Crippen LogP contribution is -2.37. The lowest BCUT2D eigenvalue weighted by Gasteiger charge is -2.26. The first-order valence-electron chi connectivity index (χ1n) is 6.54. The summed E-state index contributed by atoms with van der Waals surface area (Å²) in [6.07, 6.45) is 1.86. The molecule has 2 aromatic rings. The Bertz CT molecular complexity index is 652. The molecule has 0 spiro atoms. The van der Waals surface area contributed by atoms with Gasteiger partial charge < -0.3 is 5.73 Å². The summed E-state index contributed by atoms with van der Waals surface area (Å²) in [5.41, 5.74) is 5.95. The summed E-state index contributed by atoms with van der Waals surface area (Å²) in [5.74, 6) is 0.180. The van der Waals surface area contributed by atoms with E-state index in [-0.39, 0.29) is 11.1 Å². The maximum atomic E-state index is 13.7. The van der Waals surface area contributed by atoms with E-state index in [4.69, 9.17) is 28.9 Å². The molecular weight excluding hydrogens is 314 g/mol. The van der Waals surface area contributed by atoms with E-state index in [2.05, 4.69) is 10.1 Å². The molecule has 0 fully saturated rings. The average molecular weight is 331 g/mol. The molecule has 114 valence electrons. The first-order valence-corrected chi connectivity index (χ1v) is 7.30. The van der Waals surface area contributed by atoms with Crippen molar-refractivity contribution < 1.29 is 4.39 Å². The summed E-state index contributed by atoms with van der Waals surface area (Å²) in [6.45, 7) is 5.78. The highest BCUT2D eigenvalue weighted by atomic mass is 35.5. The lowest BCUT2D eigenvalue weighted by molar-refractivity contribution is 0.431. The first kappa shape index (κ1) is 16.2. The number of halogens is 3. The van der Waals surface area contributed by atoms with Crippen molar-refractivity contribution in [3.8, 4) is 0 Å². The van der Waals surface area contributed by atoms with Crippen molar-refractivity contribution in [2.45, 2.75) is 38.8 Å². The molecule has 2 N–H and O–H groups in total. The van der Waals surface area contributed by atoms with Crippen molar-refractivity contribution in [2.75, 3.05) is 0 Å². The molecule has 0 saturated heterocycles. The Labute approximate surface area is 133 Å². The second-order valence-electron chi connectivity index (χ2n) is 5.55. The van der Waals surface area contributed by atoms with Crippen LogP contribution in [0.3, 0.4) is 0 Å². The van der Waals surface area contributed by atoms with Crippen LogP contribution in [0.1, 0.15) is 38.2 Å². The minimum absolute atomic E-state index is 0.0232. The topological polar surface area (TPSA) is 56.7 Å². The number of nitrogens with zero attached hydrogens (tertiary/aromatic N) is 3. The van der Waals surface area contributed by atoms with Gasteiger partial charge in [-0.2, -0.15) is 5.10 Å². The molecule has 1 atom stereocenters. The minimum Gasteiger partial charge on any atom is -0.321 e. The van der Waals surface area contributed by atoms with E-state index >= 15 is 0 Å². The van der Waals surface area contributed by atoms with Crippen LogP contribution in [0.4, 0.5) is 4.39 Å². The molecule has 0 amide bonds. The first-order chi connectivity index (χ1) is 9.72. The third kappa shape index (κ3) is 3.36. The van der Waals surface area contributed by atoms with E-state index in [9.17, 15) is 4.39 Å². The van der Waals surface area contributed by atoms with Gasteiger partial charge in [-0.05, 0) is 38.5 Å². The molecule has 4 nitrogen and oxygen atoms in total. The Morgan fingerprint density at radius 1 is 1.33 bits per heavy atom. The molecular formula is C14H17Cl2FN4. The van der Waals surface area contributed by atoms with Gasteiger partial charge in [0.1, 0.15) is 18.0 Å². The van der Waals surface area contributed by atoms with E-state index in [1.807, 2.05) is 13.8 Å². The zero-order chi connectivity index (χ0) is 15.8. The van der Waals surface area contributed by atoms with Gasteiger partial charge >= 0.3 is 0 Å². The molecule has 21 heavy (non-hydrogen) atoms. The summed E-state index contributed by atoms with van der Waals surface area (Å²) in [6, 6.07) is 2.81. The van der Waals surface area contributed by atoms with Crippen LogP contribution in [0, 0.1) is 5.82 Å². The van der Waals surface area contributed by atoms with Gasteiger partial charge in [-0.15, -0.1) is 0 Å². The number of hydrogen-bond donors (Lipinski definition) is 1. The highest BCUT2D eigenvalue weighted by Gasteiger charge is 2.28. The Morgan fingerprint density at radius 2 is 2.00 bits per heavy atom. The van der Waals surface area contributed by atoms with E-state index < -0.39 is 11.4 Å². The van der Waals surface area contributed by atoms with E-state index in [1.165, 1.54) is 18.5 Å². The highest BCUT2D eigenvalue weighted by molar-refractivity contribution is 6.35. The molecule has 0 saturated carbocycles. The van der Waals surface area contributed by atoms with Gasteiger partial charge in [-0.1, -0.05) is 23.2 Å². The quantitative estimate of drug-likeness (QED) is 0.869. The maximum absolute atomic E-state index is 13.7. The van der Waals surface area contributed by atoms with Crippen LogP contribution in [0.2, 0.25) is 10.0 Å². The normalized spacial score (nSPS) is 14.5. The smallest absolute Gasteiger partial charge is 0.142 e. The van der Waals surface area contributed by atoms with Crippen LogP contribution >= 0.6 is 23.2 Å². The number of nitrogens with two attached hydrogens (primary N) is 1. The highest BCUT2D eigenvalue weighted by Crippen LogP contribution is 2.32. The Kier molecular flexibility index (Phi) is 4.56. The molecule has 2 rings (SSSR count). The number of aromatic nitrogens is 3. The zero-order valence-corrected chi connectivity index (χ0v) is 13.6. The Hall–Kier alpha value is -1.17. The zero-order valence-electron chi connectivity index (χ0n) is 12.1. The molecule has 0 bridgehead atoms. The van der Waals surface area contributed by atoms with Gasteiger partial charge in [0.05, 0.1) is 5.02 Å². The molecule has 0 aliphatic carbocycles. The predicted octanol–water partition coefficient (Wildman–Crippen LogP) is 3.72. The van der Waals surface area contributed by atoms with Gasteiger partial charge in [0.15, 0.2) is 0 Å². The Morgan fingerprint density at radius 3 is 2.62 bits per heavy atom. The summed E-state index contributed by atoms with van der Waals surface area (Å²) in [4.78, 5) is 4.23. The minimum atomic E-state index is -0.887. The molecule has 1 aromatic heterocycles. The fourth-order valence-electron chi connectivity index (χ4n) is 2.22. The van der Waals surface area contributed by atoms with Crippen molar-refractivity contribution in [1.82, 2.24) is 14.8 Å². The van der Waals surface area contributed by atoms with Gasteiger partial charge in [0, 0.05) is 23.0 Å². The number of rotatable bonds is 4. The fraction of sp³-hybridized carbons (Fsp3) is 0.429. The number of benzene rings is 1. The second kappa shape index (κ2) is 5.91. The van der Waals surface area contributed by atoms with Crippen molar-refractivity contribution in [3.63, 3.8) is 0 Å². The van der Waals surface area contributed by atoms with E-state index in [0.29, 0.717) is 17.0 Å². The van der Waals surface area contributed by atoms with E-state index in [1.54, 1.807) is 11.6 Å². The average Bonchev–Trinajstić information content (AvgIpc) is 2.81. The van der Waals surface area contributed by atoms with Crippen molar-refractivity contribution in [3.05, 3.63) is 45.7 Å². The summed E-state index contributed by atoms with van der Waals surface area (Å²) >= 11 is 11.9. The van der Waals surface area contributed by atoms with Crippen LogP contribution in [-0.4, -0.2) is 14.8 Å². The number of hydrogen-bond acceptors (Lipinski definition) is 3. The monoisotopic (exact) mass is 330 g/mol. The van der Waals surface area contributed by atoms with Crippen molar-refractivity contribution in [2.24, 2.45) is 5.73 Å².